The zero-order valence-corrected chi connectivity index (χ0v) is 19.3. The third kappa shape index (κ3) is 3.96. The number of aldehydes is 1. The van der Waals surface area contributed by atoms with Crippen molar-refractivity contribution in [2.24, 2.45) is 0 Å². The van der Waals surface area contributed by atoms with Crippen LogP contribution in [-0.4, -0.2) is 37.8 Å². The second-order valence-corrected chi connectivity index (χ2v) is 8.57. The Labute approximate surface area is 198 Å². The fraction of sp³-hybridized carbons (Fsp3) is 0.250. The third-order valence-electron chi connectivity index (χ3n) is 6.55. The minimum atomic E-state index is 0.0850. The summed E-state index contributed by atoms with van der Waals surface area (Å²) < 4.78 is 10.8. The number of ketones is 1. The molecule has 0 spiro atoms. The van der Waals surface area contributed by atoms with Gasteiger partial charge in [-0.2, -0.15) is 0 Å². The van der Waals surface area contributed by atoms with Crippen LogP contribution in [0.3, 0.4) is 0 Å². The van der Waals surface area contributed by atoms with Gasteiger partial charge < -0.3 is 14.4 Å². The van der Waals surface area contributed by atoms with Crippen molar-refractivity contribution in [3.8, 4) is 11.5 Å². The number of rotatable bonds is 7. The molecule has 1 aliphatic heterocycles. The van der Waals surface area contributed by atoms with Crippen molar-refractivity contribution in [2.45, 2.75) is 25.7 Å². The number of nitrogens with zero attached hydrogens (tertiary/aromatic N) is 2. The van der Waals surface area contributed by atoms with Crippen LogP contribution in [0.5, 0.6) is 11.5 Å². The SMILES string of the molecule is COc1ccc(CCC2=Cc3cc(N4CCCc5cc(C=O)cnc54)ccc3C2=O)c(OC)c1. The van der Waals surface area contributed by atoms with E-state index < -0.39 is 0 Å². The molecule has 0 fully saturated rings. The second kappa shape index (κ2) is 9.14. The van der Waals surface area contributed by atoms with Gasteiger partial charge >= 0.3 is 0 Å². The molecule has 2 aliphatic rings. The van der Waals surface area contributed by atoms with E-state index in [1.165, 1.54) is 0 Å². The first-order valence-electron chi connectivity index (χ1n) is 11.4. The highest BCUT2D eigenvalue weighted by molar-refractivity contribution is 6.18. The highest BCUT2D eigenvalue weighted by Gasteiger charge is 2.25. The number of anilines is 2. The summed E-state index contributed by atoms with van der Waals surface area (Å²) in [5.41, 5.74) is 6.21. The van der Waals surface area contributed by atoms with Crippen LogP contribution < -0.4 is 14.4 Å². The van der Waals surface area contributed by atoms with E-state index in [2.05, 4.69) is 16.0 Å². The van der Waals surface area contributed by atoms with Gasteiger partial charge in [0.1, 0.15) is 17.3 Å². The van der Waals surface area contributed by atoms with Crippen LogP contribution in [0.4, 0.5) is 11.5 Å². The molecule has 0 amide bonds. The van der Waals surface area contributed by atoms with Gasteiger partial charge in [0.15, 0.2) is 12.1 Å². The molecule has 5 rings (SSSR count). The molecular formula is C28H26N2O4. The topological polar surface area (TPSA) is 68.7 Å². The van der Waals surface area contributed by atoms with E-state index >= 15 is 0 Å². The highest BCUT2D eigenvalue weighted by Crippen LogP contribution is 2.36. The molecule has 0 N–H and O–H groups in total. The van der Waals surface area contributed by atoms with Gasteiger partial charge in [0.2, 0.25) is 0 Å². The Morgan fingerprint density at radius 3 is 2.74 bits per heavy atom. The van der Waals surface area contributed by atoms with E-state index in [0.717, 1.165) is 76.5 Å². The molecule has 0 bridgehead atoms. The predicted octanol–water partition coefficient (Wildman–Crippen LogP) is 5.21. The molecule has 1 aliphatic carbocycles. The zero-order chi connectivity index (χ0) is 23.7. The molecule has 6 heteroatoms. The third-order valence-corrected chi connectivity index (χ3v) is 6.55. The van der Waals surface area contributed by atoms with Crippen molar-refractivity contribution < 1.29 is 19.1 Å². The first-order valence-corrected chi connectivity index (χ1v) is 11.4. The maximum absolute atomic E-state index is 13.1. The second-order valence-electron chi connectivity index (χ2n) is 8.57. The fourth-order valence-corrected chi connectivity index (χ4v) is 4.78. The lowest BCUT2D eigenvalue weighted by Crippen LogP contribution is -2.26. The van der Waals surface area contributed by atoms with Crippen LogP contribution in [-0.2, 0) is 12.8 Å². The summed E-state index contributed by atoms with van der Waals surface area (Å²) in [7, 11) is 3.27. The number of hydrogen-bond acceptors (Lipinski definition) is 6. The van der Waals surface area contributed by atoms with E-state index in [4.69, 9.17) is 9.47 Å². The number of carbonyl (C=O) groups is 2. The molecule has 0 unspecified atom stereocenters. The van der Waals surface area contributed by atoms with E-state index in [1.54, 1.807) is 20.4 Å². The van der Waals surface area contributed by atoms with E-state index in [1.807, 2.05) is 42.5 Å². The molecule has 2 aromatic carbocycles. The maximum Gasteiger partial charge on any atom is 0.189 e. The number of fused-ring (bicyclic) bond motifs is 2. The number of ether oxygens (including phenoxy) is 2. The number of benzene rings is 2. The predicted molar refractivity (Wildman–Crippen MR) is 132 cm³/mol. The highest BCUT2D eigenvalue weighted by atomic mass is 16.5. The van der Waals surface area contributed by atoms with Gasteiger partial charge in [0.05, 0.1) is 14.2 Å². The zero-order valence-electron chi connectivity index (χ0n) is 19.3. The minimum absolute atomic E-state index is 0.0850. The average Bonchev–Trinajstić information content (AvgIpc) is 3.21. The van der Waals surface area contributed by atoms with Gasteiger partial charge in [-0.15, -0.1) is 0 Å². The standard InChI is InChI=1S/C28H26N2O4/c1-33-24-9-7-19(26(15-24)34-2)5-6-20-13-22-14-23(8-10-25(22)27(20)32)30-11-3-4-21-12-18(17-31)16-29-28(21)30/h7-10,12-17H,3-6,11H2,1-2H3. The summed E-state index contributed by atoms with van der Waals surface area (Å²) >= 11 is 0. The van der Waals surface area contributed by atoms with E-state index in [0.29, 0.717) is 18.4 Å². The number of hydrogen-bond donors (Lipinski definition) is 0. The molecule has 172 valence electrons. The summed E-state index contributed by atoms with van der Waals surface area (Å²) in [5.74, 6) is 2.48. The summed E-state index contributed by atoms with van der Waals surface area (Å²) in [5, 5.41) is 0. The Balaban J connectivity index is 1.38. The van der Waals surface area contributed by atoms with Crippen molar-refractivity contribution in [3.63, 3.8) is 0 Å². The molecule has 0 atom stereocenters. The lowest BCUT2D eigenvalue weighted by atomic mass is 10.0. The number of aromatic nitrogens is 1. The first kappa shape index (κ1) is 21.9. The normalized spacial score (nSPS) is 14.4. The van der Waals surface area contributed by atoms with Crippen LogP contribution >= 0.6 is 0 Å². The first-order chi connectivity index (χ1) is 16.6. The van der Waals surface area contributed by atoms with Crippen molar-refractivity contribution in [2.75, 3.05) is 25.7 Å². The van der Waals surface area contributed by atoms with Gasteiger partial charge in [-0.1, -0.05) is 6.07 Å². The fourth-order valence-electron chi connectivity index (χ4n) is 4.78. The minimum Gasteiger partial charge on any atom is -0.497 e. The molecule has 0 saturated carbocycles. The summed E-state index contributed by atoms with van der Waals surface area (Å²) in [6.45, 7) is 0.848. The Morgan fingerprint density at radius 2 is 1.94 bits per heavy atom. The molecule has 1 aromatic heterocycles. The van der Waals surface area contributed by atoms with Crippen molar-refractivity contribution in [1.29, 1.82) is 0 Å². The largest absolute Gasteiger partial charge is 0.497 e. The summed E-state index contributed by atoms with van der Waals surface area (Å²) in [4.78, 5) is 30.9. The molecule has 3 aromatic rings. The van der Waals surface area contributed by atoms with Crippen molar-refractivity contribution in [3.05, 3.63) is 82.1 Å². The van der Waals surface area contributed by atoms with Gasteiger partial charge in [0, 0.05) is 41.2 Å². The summed E-state index contributed by atoms with van der Waals surface area (Å²) in [6.07, 6.45) is 7.68. The average molecular weight is 455 g/mol. The molecule has 0 radical (unpaired) electrons. The molecular weight excluding hydrogens is 428 g/mol. The van der Waals surface area contributed by atoms with Crippen LogP contribution in [0.2, 0.25) is 0 Å². The van der Waals surface area contributed by atoms with Crippen LogP contribution in [0.15, 0.2) is 54.2 Å². The maximum atomic E-state index is 13.1. The lowest BCUT2D eigenvalue weighted by molar-refractivity contribution is 0.103. The van der Waals surface area contributed by atoms with Gasteiger partial charge in [0.25, 0.3) is 0 Å². The van der Waals surface area contributed by atoms with Gasteiger partial charge in [-0.05, 0) is 78.8 Å². The Morgan fingerprint density at radius 1 is 1.06 bits per heavy atom. The number of allylic oxidation sites excluding steroid dienone is 1. The van der Waals surface area contributed by atoms with Gasteiger partial charge in [-0.25, -0.2) is 4.98 Å². The Bertz CT molecular complexity index is 1310. The smallest absolute Gasteiger partial charge is 0.189 e. The van der Waals surface area contributed by atoms with Crippen LogP contribution in [0.1, 0.15) is 50.2 Å². The van der Waals surface area contributed by atoms with E-state index in [-0.39, 0.29) is 5.78 Å². The Hall–Kier alpha value is -3.93. The number of aryl methyl sites for hydroxylation is 2. The van der Waals surface area contributed by atoms with E-state index in [9.17, 15) is 9.59 Å². The van der Waals surface area contributed by atoms with Crippen LogP contribution in [0, 0.1) is 0 Å². The monoisotopic (exact) mass is 454 g/mol. The molecule has 2 heterocycles. The number of carbonyl (C=O) groups excluding carboxylic acids is 2. The summed E-state index contributed by atoms with van der Waals surface area (Å²) in [6, 6.07) is 13.7. The molecule has 6 nitrogen and oxygen atoms in total. The quantitative estimate of drug-likeness (QED) is 0.457. The van der Waals surface area contributed by atoms with Crippen LogP contribution in [0.25, 0.3) is 6.08 Å². The number of Topliss-reactive ketones (excluding diaryl/α,β-unsaturated/α-hetero) is 1. The number of pyridine rings is 1. The van der Waals surface area contributed by atoms with Crippen molar-refractivity contribution in [1.82, 2.24) is 4.98 Å². The van der Waals surface area contributed by atoms with Crippen molar-refractivity contribution >= 4 is 29.7 Å². The lowest BCUT2D eigenvalue weighted by Gasteiger charge is -2.30. The van der Waals surface area contributed by atoms with Gasteiger partial charge in [-0.3, -0.25) is 9.59 Å². The molecule has 34 heavy (non-hydrogen) atoms. The Kier molecular flexibility index (Phi) is 5.88. The molecule has 0 saturated heterocycles. The number of methoxy groups -OCH3 is 2.